The van der Waals surface area contributed by atoms with Crippen LogP contribution in [0.4, 0.5) is 11.4 Å². The third-order valence-electron chi connectivity index (χ3n) is 4.88. The number of para-hydroxylation sites is 1. The number of sulfonamides is 1. The second-order valence-corrected chi connectivity index (χ2v) is 9.05. The van der Waals surface area contributed by atoms with E-state index in [0.29, 0.717) is 23.0 Å². The fraction of sp³-hybridized carbons (Fsp3) is 0.316. The van der Waals surface area contributed by atoms with Crippen molar-refractivity contribution in [1.29, 1.82) is 0 Å². The molecule has 0 saturated carbocycles. The van der Waals surface area contributed by atoms with E-state index in [1.807, 2.05) is 24.3 Å². The van der Waals surface area contributed by atoms with Crippen LogP contribution in [0.15, 0.2) is 42.5 Å². The lowest BCUT2D eigenvalue weighted by atomic mass is 10.1. The number of rotatable bonds is 2. The summed E-state index contributed by atoms with van der Waals surface area (Å²) >= 11 is 6.05. The van der Waals surface area contributed by atoms with E-state index in [1.165, 1.54) is 4.31 Å². The van der Waals surface area contributed by atoms with Gasteiger partial charge in [-0.2, -0.15) is 0 Å². The molecule has 2 aliphatic rings. The van der Waals surface area contributed by atoms with Crippen LogP contribution in [-0.4, -0.2) is 39.8 Å². The number of nitrogens with zero attached hydrogens (tertiary/aromatic N) is 2. The molecule has 0 radical (unpaired) electrons. The second kappa shape index (κ2) is 6.73. The van der Waals surface area contributed by atoms with Gasteiger partial charge in [0.1, 0.15) is 5.75 Å². The van der Waals surface area contributed by atoms with Crippen molar-refractivity contribution in [2.24, 2.45) is 0 Å². The Hall–Kier alpha value is -2.25. The molecule has 27 heavy (non-hydrogen) atoms. The number of benzene rings is 2. The van der Waals surface area contributed by atoms with Gasteiger partial charge in [0.25, 0.3) is 5.91 Å². The monoisotopic (exact) mass is 406 g/mol. The van der Waals surface area contributed by atoms with Crippen LogP contribution < -0.4 is 13.9 Å². The summed E-state index contributed by atoms with van der Waals surface area (Å²) in [5.41, 5.74) is 2.39. The summed E-state index contributed by atoms with van der Waals surface area (Å²) in [7, 11) is -3.53. The number of hydrogen-bond donors (Lipinski definition) is 0. The molecule has 0 unspecified atom stereocenters. The first-order chi connectivity index (χ1) is 12.8. The summed E-state index contributed by atoms with van der Waals surface area (Å²) in [6, 6.07) is 12.6. The lowest BCUT2D eigenvalue weighted by molar-refractivity contribution is -0.125. The standard InChI is InChI=1S/C19H19ClN2O4S/c1-27(24,25)22-11-9-18(26-17-7-6-14(20)12-16(17)22)19(23)21-10-8-13-4-2-3-5-15(13)21/h2-7,12,18H,8-11H2,1H3/t18-/m1/s1. The van der Waals surface area contributed by atoms with Crippen LogP contribution in [0.5, 0.6) is 5.75 Å². The highest BCUT2D eigenvalue weighted by molar-refractivity contribution is 7.92. The van der Waals surface area contributed by atoms with Crippen molar-refractivity contribution < 1.29 is 17.9 Å². The fourth-order valence-corrected chi connectivity index (χ4v) is 4.71. The van der Waals surface area contributed by atoms with Crippen molar-refractivity contribution in [2.75, 3.05) is 28.6 Å². The number of carbonyl (C=O) groups is 1. The molecule has 1 amide bonds. The van der Waals surface area contributed by atoms with Crippen LogP contribution in [-0.2, 0) is 21.2 Å². The van der Waals surface area contributed by atoms with Gasteiger partial charge >= 0.3 is 0 Å². The first kappa shape index (κ1) is 18.1. The number of fused-ring (bicyclic) bond motifs is 2. The van der Waals surface area contributed by atoms with Crippen LogP contribution in [0, 0.1) is 0 Å². The van der Waals surface area contributed by atoms with Gasteiger partial charge in [-0.15, -0.1) is 0 Å². The number of halogens is 1. The molecule has 4 rings (SSSR count). The highest BCUT2D eigenvalue weighted by Gasteiger charge is 2.35. The molecular weight excluding hydrogens is 388 g/mol. The van der Waals surface area contributed by atoms with Gasteiger partial charge in [0.15, 0.2) is 6.10 Å². The first-order valence-electron chi connectivity index (χ1n) is 8.68. The van der Waals surface area contributed by atoms with Crippen molar-refractivity contribution in [2.45, 2.75) is 18.9 Å². The molecule has 0 bridgehead atoms. The molecule has 6 nitrogen and oxygen atoms in total. The average molecular weight is 407 g/mol. The molecule has 0 N–H and O–H groups in total. The summed E-state index contributed by atoms with van der Waals surface area (Å²) < 4.78 is 31.7. The van der Waals surface area contributed by atoms with Crippen LogP contribution in [0.2, 0.25) is 5.02 Å². The Morgan fingerprint density at radius 2 is 1.93 bits per heavy atom. The molecule has 2 aromatic rings. The molecule has 1 atom stereocenters. The minimum atomic E-state index is -3.53. The summed E-state index contributed by atoms with van der Waals surface area (Å²) in [6.45, 7) is 0.749. The maximum Gasteiger partial charge on any atom is 0.268 e. The molecule has 2 heterocycles. The van der Waals surface area contributed by atoms with Crippen LogP contribution in [0.3, 0.4) is 0 Å². The van der Waals surface area contributed by atoms with Gasteiger partial charge in [0.2, 0.25) is 10.0 Å². The Bertz CT molecular complexity index is 1010. The Morgan fingerprint density at radius 3 is 2.70 bits per heavy atom. The third-order valence-corrected chi connectivity index (χ3v) is 6.30. The van der Waals surface area contributed by atoms with Crippen LogP contribution >= 0.6 is 11.6 Å². The maximum absolute atomic E-state index is 13.2. The van der Waals surface area contributed by atoms with Gasteiger partial charge in [0.05, 0.1) is 11.9 Å². The summed E-state index contributed by atoms with van der Waals surface area (Å²) in [5, 5.41) is 0.407. The molecule has 0 aromatic heterocycles. The van der Waals surface area contributed by atoms with Gasteiger partial charge < -0.3 is 9.64 Å². The Labute approximate surface area is 163 Å². The lowest BCUT2D eigenvalue weighted by Gasteiger charge is -2.23. The number of carbonyl (C=O) groups excluding carboxylic acids is 1. The van der Waals surface area contributed by atoms with E-state index in [1.54, 1.807) is 23.1 Å². The highest BCUT2D eigenvalue weighted by atomic mass is 35.5. The smallest absolute Gasteiger partial charge is 0.268 e. The number of ether oxygens (including phenoxy) is 1. The Kier molecular flexibility index (Phi) is 4.52. The molecule has 8 heteroatoms. The van der Waals surface area contributed by atoms with Gasteiger partial charge in [0, 0.05) is 30.2 Å². The summed E-state index contributed by atoms with van der Waals surface area (Å²) in [6.07, 6.45) is 1.44. The fourth-order valence-electron chi connectivity index (χ4n) is 3.61. The molecule has 2 aliphatic heterocycles. The SMILES string of the molecule is CS(=O)(=O)N1CC[C@H](C(=O)N2CCc3ccccc32)Oc2ccc(Cl)cc21. The molecule has 2 aromatic carbocycles. The molecule has 142 valence electrons. The number of amides is 1. The topological polar surface area (TPSA) is 66.9 Å². The normalized spacial score (nSPS) is 19.1. The van der Waals surface area contributed by atoms with E-state index < -0.39 is 16.1 Å². The Balaban J connectivity index is 1.67. The van der Waals surface area contributed by atoms with Gasteiger partial charge in [-0.1, -0.05) is 29.8 Å². The first-order valence-corrected chi connectivity index (χ1v) is 10.9. The largest absolute Gasteiger partial charge is 0.478 e. The van der Waals surface area contributed by atoms with E-state index in [9.17, 15) is 13.2 Å². The highest BCUT2D eigenvalue weighted by Crippen LogP contribution is 2.37. The van der Waals surface area contributed by atoms with E-state index in [2.05, 4.69) is 0 Å². The molecule has 0 fully saturated rings. The second-order valence-electron chi connectivity index (χ2n) is 6.71. The molecule has 0 saturated heterocycles. The van der Waals surface area contributed by atoms with E-state index in [4.69, 9.17) is 16.3 Å². The van der Waals surface area contributed by atoms with Crippen LogP contribution in [0.25, 0.3) is 0 Å². The van der Waals surface area contributed by atoms with E-state index in [-0.39, 0.29) is 18.9 Å². The van der Waals surface area contributed by atoms with E-state index in [0.717, 1.165) is 23.9 Å². The van der Waals surface area contributed by atoms with Crippen molar-refractivity contribution in [3.05, 3.63) is 53.1 Å². The number of hydrogen-bond acceptors (Lipinski definition) is 4. The summed E-state index contributed by atoms with van der Waals surface area (Å²) in [5.74, 6) is 0.185. The zero-order valence-corrected chi connectivity index (χ0v) is 16.3. The molecule has 0 spiro atoms. The van der Waals surface area contributed by atoms with Crippen LogP contribution in [0.1, 0.15) is 12.0 Å². The zero-order chi connectivity index (χ0) is 19.2. The van der Waals surface area contributed by atoms with E-state index >= 15 is 0 Å². The predicted molar refractivity (Wildman–Crippen MR) is 105 cm³/mol. The minimum absolute atomic E-state index is 0.151. The average Bonchev–Trinajstić information content (AvgIpc) is 2.95. The number of anilines is 2. The summed E-state index contributed by atoms with van der Waals surface area (Å²) in [4.78, 5) is 14.9. The van der Waals surface area contributed by atoms with Gasteiger partial charge in [-0.05, 0) is 36.2 Å². The molecular formula is C19H19ClN2O4S. The zero-order valence-electron chi connectivity index (χ0n) is 14.8. The van der Waals surface area contributed by atoms with Gasteiger partial charge in [-0.25, -0.2) is 8.42 Å². The van der Waals surface area contributed by atoms with Crippen molar-refractivity contribution in [3.63, 3.8) is 0 Å². The Morgan fingerprint density at radius 1 is 1.15 bits per heavy atom. The molecule has 0 aliphatic carbocycles. The van der Waals surface area contributed by atoms with Crippen molar-refractivity contribution in [1.82, 2.24) is 0 Å². The van der Waals surface area contributed by atoms with Crippen molar-refractivity contribution >= 4 is 38.9 Å². The minimum Gasteiger partial charge on any atom is -0.478 e. The quantitative estimate of drug-likeness (QED) is 0.769. The predicted octanol–water partition coefficient (Wildman–Crippen LogP) is 2.85. The maximum atomic E-state index is 13.2. The van der Waals surface area contributed by atoms with Crippen molar-refractivity contribution in [3.8, 4) is 5.75 Å². The third kappa shape index (κ3) is 3.37. The van der Waals surface area contributed by atoms with Gasteiger partial charge in [-0.3, -0.25) is 9.10 Å². The lowest BCUT2D eigenvalue weighted by Crippen LogP contribution is -2.42.